The van der Waals surface area contributed by atoms with Crippen LogP contribution >= 0.6 is 0 Å². The highest BCUT2D eigenvalue weighted by molar-refractivity contribution is 5.91. The van der Waals surface area contributed by atoms with Gasteiger partial charge >= 0.3 is 0 Å². The summed E-state index contributed by atoms with van der Waals surface area (Å²) in [5, 5.41) is 21.8. The summed E-state index contributed by atoms with van der Waals surface area (Å²) in [6.45, 7) is 2.16. The molecule has 2 N–H and O–H groups in total. The van der Waals surface area contributed by atoms with E-state index in [0.29, 0.717) is 36.5 Å². The minimum atomic E-state index is -0.985. The van der Waals surface area contributed by atoms with Crippen LogP contribution in [0, 0.1) is 41.4 Å². The number of fused-ring (bicyclic) bond motifs is 5. The summed E-state index contributed by atoms with van der Waals surface area (Å²) in [6.07, 6.45) is 13.8. The van der Waals surface area contributed by atoms with Crippen molar-refractivity contribution in [2.75, 3.05) is 0 Å². The third-order valence-electron chi connectivity index (χ3n) is 8.07. The second kappa shape index (κ2) is 5.44. The number of carbonyl (C=O) groups is 1. The maximum atomic E-state index is 11.8. The molecule has 3 nitrogen and oxygen atoms in total. The van der Waals surface area contributed by atoms with E-state index < -0.39 is 11.7 Å². The fraction of sp³-hybridized carbons (Fsp3) is 0.762. The number of aliphatic hydroxyl groups is 2. The molecule has 4 aliphatic rings. The first-order valence-corrected chi connectivity index (χ1v) is 9.58. The van der Waals surface area contributed by atoms with Gasteiger partial charge in [-0.15, -0.1) is 6.42 Å². The maximum Gasteiger partial charge on any atom is 0.155 e. The molecule has 0 aromatic heterocycles. The molecule has 24 heavy (non-hydrogen) atoms. The number of ketones is 1. The molecular weight excluding hydrogens is 300 g/mol. The molecule has 0 radical (unpaired) electrons. The fourth-order valence-corrected chi connectivity index (χ4v) is 6.96. The van der Waals surface area contributed by atoms with Crippen LogP contribution in [0.5, 0.6) is 0 Å². The van der Waals surface area contributed by atoms with Gasteiger partial charge in [-0.25, -0.2) is 0 Å². The van der Waals surface area contributed by atoms with E-state index in [1.165, 1.54) is 0 Å². The van der Waals surface area contributed by atoms with Crippen molar-refractivity contribution in [3.05, 3.63) is 11.6 Å². The molecule has 0 aromatic carbocycles. The Morgan fingerprint density at radius 2 is 2.08 bits per heavy atom. The molecule has 0 spiro atoms. The summed E-state index contributed by atoms with van der Waals surface area (Å²) in [4.78, 5) is 11.8. The molecule has 0 aromatic rings. The third-order valence-corrected chi connectivity index (χ3v) is 8.07. The third kappa shape index (κ3) is 1.96. The Labute approximate surface area is 144 Å². The van der Waals surface area contributed by atoms with E-state index in [1.807, 2.05) is 0 Å². The summed E-state index contributed by atoms with van der Waals surface area (Å²) in [5.74, 6) is 4.62. The van der Waals surface area contributed by atoms with Crippen LogP contribution in [-0.2, 0) is 4.79 Å². The molecule has 4 aliphatic carbocycles. The Kier molecular flexibility index (Phi) is 3.71. The molecule has 0 saturated heterocycles. The number of rotatable bonds is 1. The van der Waals surface area contributed by atoms with Crippen molar-refractivity contribution in [1.29, 1.82) is 0 Å². The summed E-state index contributed by atoms with van der Waals surface area (Å²) in [7, 11) is 0. The predicted octanol–water partition coefficient (Wildman–Crippen LogP) is 2.85. The van der Waals surface area contributed by atoms with Gasteiger partial charge in [-0.05, 0) is 80.3 Å². The van der Waals surface area contributed by atoms with Gasteiger partial charge < -0.3 is 10.2 Å². The van der Waals surface area contributed by atoms with Gasteiger partial charge in [0.25, 0.3) is 0 Å². The molecule has 1 unspecified atom stereocenters. The highest BCUT2D eigenvalue weighted by Gasteiger charge is 2.64. The van der Waals surface area contributed by atoms with Crippen LogP contribution in [0.15, 0.2) is 11.6 Å². The molecule has 0 aliphatic heterocycles. The van der Waals surface area contributed by atoms with E-state index in [2.05, 4.69) is 12.8 Å². The first-order valence-electron chi connectivity index (χ1n) is 9.58. The topological polar surface area (TPSA) is 57.5 Å². The zero-order valence-corrected chi connectivity index (χ0v) is 14.5. The molecule has 3 heteroatoms. The van der Waals surface area contributed by atoms with Crippen molar-refractivity contribution in [2.24, 2.45) is 29.1 Å². The van der Waals surface area contributed by atoms with E-state index in [1.54, 1.807) is 6.08 Å². The van der Waals surface area contributed by atoms with Crippen LogP contribution in [0.3, 0.4) is 0 Å². The number of hydrogen-bond donors (Lipinski definition) is 2. The Morgan fingerprint density at radius 3 is 2.79 bits per heavy atom. The quantitative estimate of drug-likeness (QED) is 0.728. The first kappa shape index (κ1) is 16.4. The van der Waals surface area contributed by atoms with E-state index >= 15 is 0 Å². The van der Waals surface area contributed by atoms with Crippen LogP contribution in [-0.4, -0.2) is 27.7 Å². The second-order valence-corrected chi connectivity index (χ2v) is 8.53. The molecule has 0 heterocycles. The maximum absolute atomic E-state index is 11.8. The molecular formula is C21H28O3. The molecule has 3 saturated carbocycles. The van der Waals surface area contributed by atoms with Crippen LogP contribution < -0.4 is 0 Å². The first-order chi connectivity index (χ1) is 11.5. The Bertz CT molecular complexity index is 629. The largest absolute Gasteiger partial charge is 0.389 e. The van der Waals surface area contributed by atoms with Crippen molar-refractivity contribution in [3.63, 3.8) is 0 Å². The predicted molar refractivity (Wildman–Crippen MR) is 91.9 cm³/mol. The van der Waals surface area contributed by atoms with Crippen molar-refractivity contribution in [2.45, 2.75) is 70.0 Å². The highest BCUT2D eigenvalue weighted by atomic mass is 16.3. The van der Waals surface area contributed by atoms with Crippen LogP contribution in [0.25, 0.3) is 0 Å². The number of carbonyl (C=O) groups excluding carboxylic acids is 1. The lowest BCUT2D eigenvalue weighted by atomic mass is 9.49. The van der Waals surface area contributed by atoms with Gasteiger partial charge in [-0.1, -0.05) is 12.8 Å². The van der Waals surface area contributed by atoms with Gasteiger partial charge in [0.1, 0.15) is 5.60 Å². The summed E-state index contributed by atoms with van der Waals surface area (Å²) in [6, 6.07) is 0. The smallest absolute Gasteiger partial charge is 0.155 e. The molecule has 4 rings (SSSR count). The second-order valence-electron chi connectivity index (χ2n) is 8.53. The zero-order chi connectivity index (χ0) is 17.1. The van der Waals surface area contributed by atoms with Gasteiger partial charge in [-0.3, -0.25) is 4.79 Å². The van der Waals surface area contributed by atoms with Gasteiger partial charge in [0.05, 0.1) is 6.10 Å². The zero-order valence-electron chi connectivity index (χ0n) is 14.5. The number of hydrogen-bond acceptors (Lipinski definition) is 3. The van der Waals surface area contributed by atoms with Crippen molar-refractivity contribution in [1.82, 2.24) is 0 Å². The molecule has 3 fully saturated rings. The molecule has 130 valence electrons. The normalized spacial score (nSPS) is 50.3. The van der Waals surface area contributed by atoms with Crippen molar-refractivity contribution < 1.29 is 15.0 Å². The van der Waals surface area contributed by atoms with E-state index in [-0.39, 0.29) is 11.2 Å². The molecule has 0 amide bonds. The SMILES string of the molecule is C#C[C@]1(O)CC[C@H]2[C@@H]3C[C@@H](O)C4=CC(=O)CC[C@@H]4[C@H]3CCC21CC. The van der Waals surface area contributed by atoms with Crippen LogP contribution in [0.2, 0.25) is 0 Å². The highest BCUT2D eigenvalue weighted by Crippen LogP contribution is 2.66. The van der Waals surface area contributed by atoms with Crippen LogP contribution in [0.4, 0.5) is 0 Å². The van der Waals surface area contributed by atoms with Gasteiger partial charge in [0.2, 0.25) is 0 Å². The standard InChI is InChI=1S/C21H28O3/c1-3-20-9-7-15-14-6-5-13(22)11-17(14)19(23)12-16(15)18(20)8-10-21(20,24)4-2/h2,11,14-16,18-19,23-24H,3,5-10,12H2,1H3/t14-,15-,16-,18+,19-,20?,21+/m1/s1. The summed E-state index contributed by atoms with van der Waals surface area (Å²) < 4.78 is 0. The van der Waals surface area contributed by atoms with Crippen molar-refractivity contribution >= 4 is 5.78 Å². The Morgan fingerprint density at radius 1 is 1.29 bits per heavy atom. The van der Waals surface area contributed by atoms with Crippen molar-refractivity contribution in [3.8, 4) is 12.3 Å². The minimum Gasteiger partial charge on any atom is -0.389 e. The number of terminal acetylenes is 1. The molecule has 0 bridgehead atoms. The Balaban J connectivity index is 1.71. The minimum absolute atomic E-state index is 0.167. The number of aliphatic hydroxyl groups excluding tert-OH is 1. The fourth-order valence-electron chi connectivity index (χ4n) is 6.96. The van der Waals surface area contributed by atoms with Crippen LogP contribution in [0.1, 0.15) is 58.3 Å². The summed E-state index contributed by atoms with van der Waals surface area (Å²) in [5.41, 5.74) is -0.184. The van der Waals surface area contributed by atoms with E-state index in [4.69, 9.17) is 6.42 Å². The Hall–Kier alpha value is -1.11. The summed E-state index contributed by atoms with van der Waals surface area (Å²) >= 11 is 0. The monoisotopic (exact) mass is 328 g/mol. The van der Waals surface area contributed by atoms with E-state index in [9.17, 15) is 15.0 Å². The van der Waals surface area contributed by atoms with Gasteiger partial charge in [0, 0.05) is 11.8 Å². The van der Waals surface area contributed by atoms with E-state index in [0.717, 1.165) is 44.1 Å². The average molecular weight is 328 g/mol. The molecule has 7 atom stereocenters. The van der Waals surface area contributed by atoms with Gasteiger partial charge in [0.15, 0.2) is 5.78 Å². The lowest BCUT2D eigenvalue weighted by molar-refractivity contribution is -0.119. The average Bonchev–Trinajstić information content (AvgIpc) is 2.89. The van der Waals surface area contributed by atoms with Gasteiger partial charge in [-0.2, -0.15) is 0 Å². The lowest BCUT2D eigenvalue weighted by Crippen LogP contribution is -2.55. The lowest BCUT2D eigenvalue weighted by Gasteiger charge is -2.56.